The van der Waals surface area contributed by atoms with Crippen molar-refractivity contribution < 1.29 is 15.0 Å². The fraction of sp³-hybridized carbons (Fsp3) is 0.533. The molecule has 0 radical (unpaired) electrons. The maximum Gasteiger partial charge on any atom is 0.256 e. The number of nitrogens with zero attached hydrogens (tertiary/aromatic N) is 1. The third kappa shape index (κ3) is 2.96. The topological polar surface area (TPSA) is 60.8 Å². The number of rotatable bonds is 4. The monoisotopic (exact) mass is 263 g/mol. The van der Waals surface area contributed by atoms with Crippen LogP contribution in [-0.4, -0.2) is 39.7 Å². The van der Waals surface area contributed by atoms with Crippen molar-refractivity contribution in [3.05, 3.63) is 35.9 Å². The van der Waals surface area contributed by atoms with Gasteiger partial charge in [-0.3, -0.25) is 4.79 Å². The highest BCUT2D eigenvalue weighted by Crippen LogP contribution is 2.26. The molecule has 1 aliphatic heterocycles. The molecule has 1 aliphatic rings. The van der Waals surface area contributed by atoms with E-state index in [-0.39, 0.29) is 11.9 Å². The first-order valence-corrected chi connectivity index (χ1v) is 6.86. The minimum atomic E-state index is -1.13. The summed E-state index contributed by atoms with van der Waals surface area (Å²) in [6, 6.07) is 8.77. The third-order valence-corrected chi connectivity index (χ3v) is 3.79. The number of carbonyl (C=O) groups is 1. The molecule has 19 heavy (non-hydrogen) atoms. The van der Waals surface area contributed by atoms with Gasteiger partial charge >= 0.3 is 0 Å². The summed E-state index contributed by atoms with van der Waals surface area (Å²) in [5.41, 5.74) is 0.601. The molecule has 0 spiro atoms. The molecule has 0 aliphatic carbocycles. The van der Waals surface area contributed by atoms with Crippen LogP contribution in [-0.2, 0) is 4.79 Å². The summed E-state index contributed by atoms with van der Waals surface area (Å²) in [6.45, 7) is 2.52. The average Bonchev–Trinajstić information content (AvgIpc) is 2.95. The first-order chi connectivity index (χ1) is 9.15. The minimum absolute atomic E-state index is 0.157. The van der Waals surface area contributed by atoms with Gasteiger partial charge in [-0.25, -0.2) is 0 Å². The lowest BCUT2D eigenvalue weighted by Gasteiger charge is -2.30. The summed E-state index contributed by atoms with van der Waals surface area (Å²) in [6.07, 6.45) is 0.674. The van der Waals surface area contributed by atoms with Gasteiger partial charge in [-0.15, -0.1) is 0 Å². The molecule has 1 amide bonds. The second-order valence-electron chi connectivity index (χ2n) is 5.03. The van der Waals surface area contributed by atoms with Crippen LogP contribution in [0, 0.1) is 0 Å². The van der Waals surface area contributed by atoms with Gasteiger partial charge in [-0.1, -0.05) is 37.3 Å². The molecule has 1 fully saturated rings. The minimum Gasteiger partial charge on any atom is -0.391 e. The van der Waals surface area contributed by atoms with Crippen molar-refractivity contribution in [3.63, 3.8) is 0 Å². The van der Waals surface area contributed by atoms with Crippen LogP contribution in [0.4, 0.5) is 0 Å². The van der Waals surface area contributed by atoms with Gasteiger partial charge in [-0.2, -0.15) is 0 Å². The largest absolute Gasteiger partial charge is 0.391 e. The number of benzene rings is 1. The standard InChI is InChI=1S/C15H21NO3/c1-2-13(17)12-9-6-10-16(12)15(19)14(18)11-7-4-3-5-8-11/h3-5,7-8,12-14,17-18H,2,6,9-10H2,1H3/t12-,13?,14+/m1/s1. The molecular weight excluding hydrogens is 242 g/mol. The summed E-state index contributed by atoms with van der Waals surface area (Å²) in [5, 5.41) is 20.1. The molecule has 104 valence electrons. The van der Waals surface area contributed by atoms with Crippen LogP contribution in [0.25, 0.3) is 0 Å². The Morgan fingerprint density at radius 2 is 2.05 bits per heavy atom. The second kappa shape index (κ2) is 6.17. The van der Waals surface area contributed by atoms with E-state index < -0.39 is 12.2 Å². The summed E-state index contributed by atoms with van der Waals surface area (Å²) < 4.78 is 0. The quantitative estimate of drug-likeness (QED) is 0.865. The third-order valence-electron chi connectivity index (χ3n) is 3.79. The molecule has 1 saturated heterocycles. The van der Waals surface area contributed by atoms with Crippen molar-refractivity contribution in [2.45, 2.75) is 44.4 Å². The Kier molecular flexibility index (Phi) is 4.56. The Labute approximate surface area is 113 Å². The number of aliphatic hydroxyl groups excluding tert-OH is 2. The summed E-state index contributed by atoms with van der Waals surface area (Å²) in [5.74, 6) is -0.304. The van der Waals surface area contributed by atoms with E-state index in [4.69, 9.17) is 0 Å². The van der Waals surface area contributed by atoms with Gasteiger partial charge in [0.1, 0.15) is 0 Å². The molecule has 2 N–H and O–H groups in total. The normalized spacial score (nSPS) is 22.3. The molecule has 1 aromatic carbocycles. The van der Waals surface area contributed by atoms with E-state index in [1.54, 1.807) is 29.2 Å². The molecule has 1 aromatic rings. The van der Waals surface area contributed by atoms with Crippen LogP contribution in [0.5, 0.6) is 0 Å². The molecule has 0 bridgehead atoms. The summed E-state index contributed by atoms with van der Waals surface area (Å²) in [7, 11) is 0. The van der Waals surface area contributed by atoms with Crippen LogP contribution in [0.15, 0.2) is 30.3 Å². The number of likely N-dealkylation sites (tertiary alicyclic amines) is 1. The number of amides is 1. The Morgan fingerprint density at radius 3 is 2.68 bits per heavy atom. The zero-order chi connectivity index (χ0) is 13.8. The number of carbonyl (C=O) groups excluding carboxylic acids is 1. The van der Waals surface area contributed by atoms with E-state index in [1.807, 2.05) is 13.0 Å². The Bertz CT molecular complexity index is 421. The number of aliphatic hydroxyl groups is 2. The zero-order valence-electron chi connectivity index (χ0n) is 11.2. The maximum absolute atomic E-state index is 12.3. The lowest BCUT2D eigenvalue weighted by atomic mass is 10.0. The molecule has 4 heteroatoms. The first-order valence-electron chi connectivity index (χ1n) is 6.86. The molecular formula is C15H21NO3. The van der Waals surface area contributed by atoms with Crippen molar-refractivity contribution in [1.29, 1.82) is 0 Å². The Hall–Kier alpha value is -1.39. The van der Waals surface area contributed by atoms with Crippen LogP contribution < -0.4 is 0 Å². The van der Waals surface area contributed by atoms with Gasteiger partial charge < -0.3 is 15.1 Å². The molecule has 1 heterocycles. The van der Waals surface area contributed by atoms with Crippen molar-refractivity contribution in [2.75, 3.05) is 6.54 Å². The van der Waals surface area contributed by atoms with Crippen LogP contribution in [0.1, 0.15) is 37.9 Å². The first kappa shape index (κ1) is 14.0. The second-order valence-corrected chi connectivity index (χ2v) is 5.03. The molecule has 2 rings (SSSR count). The van der Waals surface area contributed by atoms with E-state index in [2.05, 4.69) is 0 Å². The van der Waals surface area contributed by atoms with Crippen molar-refractivity contribution in [1.82, 2.24) is 4.90 Å². The Balaban J connectivity index is 2.10. The molecule has 0 aromatic heterocycles. The smallest absolute Gasteiger partial charge is 0.256 e. The van der Waals surface area contributed by atoms with Crippen LogP contribution in [0.3, 0.4) is 0 Å². The van der Waals surface area contributed by atoms with Crippen molar-refractivity contribution >= 4 is 5.91 Å². The van der Waals surface area contributed by atoms with E-state index in [0.717, 1.165) is 12.8 Å². The van der Waals surface area contributed by atoms with E-state index >= 15 is 0 Å². The van der Waals surface area contributed by atoms with E-state index in [0.29, 0.717) is 18.5 Å². The van der Waals surface area contributed by atoms with Crippen molar-refractivity contribution in [3.8, 4) is 0 Å². The molecule has 4 nitrogen and oxygen atoms in total. The van der Waals surface area contributed by atoms with Gasteiger partial charge in [0, 0.05) is 6.54 Å². The number of hydrogen-bond acceptors (Lipinski definition) is 3. The van der Waals surface area contributed by atoms with E-state index in [9.17, 15) is 15.0 Å². The highest BCUT2D eigenvalue weighted by atomic mass is 16.3. The predicted molar refractivity (Wildman–Crippen MR) is 72.4 cm³/mol. The highest BCUT2D eigenvalue weighted by molar-refractivity contribution is 5.82. The molecule has 0 saturated carbocycles. The summed E-state index contributed by atoms with van der Waals surface area (Å²) in [4.78, 5) is 14.0. The maximum atomic E-state index is 12.3. The molecule has 1 unspecified atom stereocenters. The van der Waals surface area contributed by atoms with Gasteiger partial charge in [0.05, 0.1) is 12.1 Å². The summed E-state index contributed by atoms with van der Waals surface area (Å²) >= 11 is 0. The Morgan fingerprint density at radius 1 is 1.37 bits per heavy atom. The van der Waals surface area contributed by atoms with Gasteiger partial charge in [0.15, 0.2) is 6.10 Å². The van der Waals surface area contributed by atoms with Crippen molar-refractivity contribution in [2.24, 2.45) is 0 Å². The fourth-order valence-corrected chi connectivity index (χ4v) is 2.67. The average molecular weight is 263 g/mol. The van der Waals surface area contributed by atoms with Gasteiger partial charge in [0.2, 0.25) is 0 Å². The lowest BCUT2D eigenvalue weighted by Crippen LogP contribution is -2.44. The SMILES string of the molecule is CCC(O)[C@H]1CCCN1C(=O)[C@@H](O)c1ccccc1. The zero-order valence-corrected chi connectivity index (χ0v) is 11.2. The van der Waals surface area contributed by atoms with Gasteiger partial charge in [0.25, 0.3) is 5.91 Å². The number of hydrogen-bond donors (Lipinski definition) is 2. The van der Waals surface area contributed by atoms with Crippen LogP contribution in [0.2, 0.25) is 0 Å². The van der Waals surface area contributed by atoms with E-state index in [1.165, 1.54) is 0 Å². The molecule has 3 atom stereocenters. The lowest BCUT2D eigenvalue weighted by molar-refractivity contribution is -0.143. The van der Waals surface area contributed by atoms with Gasteiger partial charge in [-0.05, 0) is 24.8 Å². The fourth-order valence-electron chi connectivity index (χ4n) is 2.67. The van der Waals surface area contributed by atoms with Crippen LogP contribution >= 0.6 is 0 Å². The highest BCUT2D eigenvalue weighted by Gasteiger charge is 2.36. The predicted octanol–water partition coefficient (Wildman–Crippen LogP) is 1.48.